The van der Waals surface area contributed by atoms with Crippen molar-refractivity contribution < 1.29 is 15.0 Å². The van der Waals surface area contributed by atoms with Crippen molar-refractivity contribution in [3.63, 3.8) is 0 Å². The fraction of sp³-hybridized carbons (Fsp3) is 0.500. The lowest BCUT2D eigenvalue weighted by Crippen LogP contribution is -2.43. The average Bonchev–Trinajstić information content (AvgIpc) is 2.40. The fourth-order valence-electron chi connectivity index (χ4n) is 2.44. The Morgan fingerprint density at radius 3 is 2.50 bits per heavy atom. The maximum atomic E-state index is 11.2. The van der Waals surface area contributed by atoms with Crippen molar-refractivity contribution >= 4 is 5.97 Å². The molecule has 0 bridgehead atoms. The van der Waals surface area contributed by atoms with Crippen molar-refractivity contribution in [2.75, 3.05) is 6.54 Å². The molecule has 0 radical (unpaired) electrons. The summed E-state index contributed by atoms with van der Waals surface area (Å²) in [4.78, 5) is 13.2. The number of aliphatic hydroxyl groups is 1. The van der Waals surface area contributed by atoms with Gasteiger partial charge in [-0.25, -0.2) is 0 Å². The quantitative estimate of drug-likeness (QED) is 0.851. The van der Waals surface area contributed by atoms with E-state index < -0.39 is 5.97 Å². The van der Waals surface area contributed by atoms with Gasteiger partial charge in [-0.05, 0) is 30.5 Å². The summed E-state index contributed by atoms with van der Waals surface area (Å²) < 4.78 is 0. The van der Waals surface area contributed by atoms with E-state index in [4.69, 9.17) is 5.11 Å². The van der Waals surface area contributed by atoms with Gasteiger partial charge in [-0.3, -0.25) is 9.69 Å². The zero-order valence-electron chi connectivity index (χ0n) is 10.4. The van der Waals surface area contributed by atoms with Gasteiger partial charge >= 0.3 is 5.97 Å². The van der Waals surface area contributed by atoms with Crippen LogP contribution >= 0.6 is 0 Å². The van der Waals surface area contributed by atoms with Crippen LogP contribution in [0.2, 0.25) is 0 Å². The molecule has 0 amide bonds. The summed E-state index contributed by atoms with van der Waals surface area (Å²) in [6.45, 7) is 1.56. The van der Waals surface area contributed by atoms with Gasteiger partial charge in [0.1, 0.15) is 6.04 Å². The topological polar surface area (TPSA) is 60.8 Å². The number of aliphatic hydroxyl groups excluding tert-OH is 1. The molecule has 1 fully saturated rings. The van der Waals surface area contributed by atoms with Gasteiger partial charge in [0, 0.05) is 6.54 Å². The molecule has 0 saturated carbocycles. The van der Waals surface area contributed by atoms with Crippen LogP contribution in [-0.4, -0.2) is 33.7 Å². The third kappa shape index (κ3) is 3.09. The summed E-state index contributed by atoms with van der Waals surface area (Å²) in [7, 11) is 0. The van der Waals surface area contributed by atoms with Crippen LogP contribution in [0.4, 0.5) is 0 Å². The first-order chi connectivity index (χ1) is 8.70. The molecular formula is C14H19NO3. The van der Waals surface area contributed by atoms with Crippen molar-refractivity contribution in [2.24, 2.45) is 0 Å². The number of carbonyl (C=O) groups is 1. The highest BCUT2D eigenvalue weighted by atomic mass is 16.4. The van der Waals surface area contributed by atoms with Crippen molar-refractivity contribution in [1.29, 1.82) is 0 Å². The summed E-state index contributed by atoms with van der Waals surface area (Å²) in [6, 6.07) is 7.33. The van der Waals surface area contributed by atoms with Crippen LogP contribution in [0.25, 0.3) is 0 Å². The first-order valence-corrected chi connectivity index (χ1v) is 6.36. The minimum Gasteiger partial charge on any atom is -0.480 e. The van der Waals surface area contributed by atoms with Gasteiger partial charge < -0.3 is 10.2 Å². The molecule has 2 N–H and O–H groups in total. The van der Waals surface area contributed by atoms with Gasteiger partial charge in [0.2, 0.25) is 0 Å². The lowest BCUT2D eigenvalue weighted by atomic mass is 10.0. The molecule has 4 heteroatoms. The Morgan fingerprint density at radius 1 is 1.22 bits per heavy atom. The standard InChI is InChI=1S/C14H19NO3/c16-10-12-6-4-11(5-7-12)9-15-8-2-1-3-13(15)14(17)18/h4-7,13,16H,1-3,8-10H2,(H,17,18). The van der Waals surface area contributed by atoms with Crippen LogP contribution in [0.1, 0.15) is 30.4 Å². The Balaban J connectivity index is 2.03. The number of aliphatic carboxylic acids is 1. The summed E-state index contributed by atoms with van der Waals surface area (Å²) in [6.07, 6.45) is 2.81. The van der Waals surface area contributed by atoms with Crippen molar-refractivity contribution in [3.05, 3.63) is 35.4 Å². The summed E-state index contributed by atoms with van der Waals surface area (Å²) in [5.41, 5.74) is 1.98. The average molecular weight is 249 g/mol. The summed E-state index contributed by atoms with van der Waals surface area (Å²) in [5, 5.41) is 18.2. The smallest absolute Gasteiger partial charge is 0.320 e. The van der Waals surface area contributed by atoms with Gasteiger partial charge in [0.15, 0.2) is 0 Å². The Bertz CT molecular complexity index is 402. The zero-order valence-corrected chi connectivity index (χ0v) is 10.4. The highest BCUT2D eigenvalue weighted by Crippen LogP contribution is 2.20. The number of nitrogens with zero attached hydrogens (tertiary/aromatic N) is 1. The van der Waals surface area contributed by atoms with Crippen molar-refractivity contribution in [2.45, 2.75) is 38.5 Å². The van der Waals surface area contributed by atoms with E-state index in [1.807, 2.05) is 29.2 Å². The SMILES string of the molecule is O=C(O)C1CCCCN1Cc1ccc(CO)cc1. The van der Waals surface area contributed by atoms with Crippen molar-refractivity contribution in [3.8, 4) is 0 Å². The van der Waals surface area contributed by atoms with Gasteiger partial charge in [0.25, 0.3) is 0 Å². The molecule has 1 unspecified atom stereocenters. The Morgan fingerprint density at radius 2 is 1.89 bits per heavy atom. The zero-order chi connectivity index (χ0) is 13.0. The minimum atomic E-state index is -0.721. The highest BCUT2D eigenvalue weighted by Gasteiger charge is 2.27. The number of likely N-dealkylation sites (tertiary alicyclic amines) is 1. The normalized spacial score (nSPS) is 20.8. The lowest BCUT2D eigenvalue weighted by molar-refractivity contribution is -0.144. The van der Waals surface area contributed by atoms with Gasteiger partial charge in [-0.2, -0.15) is 0 Å². The molecule has 98 valence electrons. The highest BCUT2D eigenvalue weighted by molar-refractivity contribution is 5.73. The molecule has 1 saturated heterocycles. The minimum absolute atomic E-state index is 0.0434. The molecule has 1 aromatic carbocycles. The Labute approximate surface area is 107 Å². The predicted molar refractivity (Wildman–Crippen MR) is 68.0 cm³/mol. The second-order valence-electron chi connectivity index (χ2n) is 4.79. The van der Waals surface area contributed by atoms with Crippen molar-refractivity contribution in [1.82, 2.24) is 4.90 Å². The predicted octanol–water partition coefficient (Wildman–Crippen LogP) is 1.62. The van der Waals surface area contributed by atoms with E-state index in [9.17, 15) is 9.90 Å². The Kier molecular flexibility index (Phi) is 4.33. The molecule has 4 nitrogen and oxygen atoms in total. The monoisotopic (exact) mass is 249 g/mol. The molecule has 1 aliphatic heterocycles. The fourth-order valence-corrected chi connectivity index (χ4v) is 2.44. The number of hydrogen-bond donors (Lipinski definition) is 2. The third-order valence-electron chi connectivity index (χ3n) is 3.49. The van der Waals surface area contributed by atoms with E-state index in [0.29, 0.717) is 6.54 Å². The number of rotatable bonds is 4. The number of piperidine rings is 1. The molecular weight excluding hydrogens is 230 g/mol. The van der Waals surface area contributed by atoms with E-state index in [1.165, 1.54) is 0 Å². The van der Waals surface area contributed by atoms with Crippen LogP contribution < -0.4 is 0 Å². The van der Waals surface area contributed by atoms with Gasteiger partial charge in [-0.15, -0.1) is 0 Å². The second kappa shape index (κ2) is 5.98. The number of carboxylic acid groups (broad SMARTS) is 1. The number of benzene rings is 1. The van der Waals surface area contributed by atoms with E-state index in [-0.39, 0.29) is 12.6 Å². The maximum Gasteiger partial charge on any atom is 0.320 e. The number of carboxylic acids is 1. The summed E-state index contributed by atoms with van der Waals surface area (Å²) in [5.74, 6) is -0.721. The van der Waals surface area contributed by atoms with E-state index in [1.54, 1.807) is 0 Å². The molecule has 1 atom stereocenters. The Hall–Kier alpha value is -1.39. The second-order valence-corrected chi connectivity index (χ2v) is 4.79. The van der Waals surface area contributed by atoms with Gasteiger partial charge in [0.05, 0.1) is 6.61 Å². The van der Waals surface area contributed by atoms with E-state index in [2.05, 4.69) is 0 Å². The van der Waals surface area contributed by atoms with Crippen LogP contribution in [0.3, 0.4) is 0 Å². The first-order valence-electron chi connectivity index (χ1n) is 6.36. The van der Waals surface area contributed by atoms with E-state index in [0.717, 1.165) is 36.9 Å². The molecule has 1 aliphatic rings. The molecule has 0 aromatic heterocycles. The molecule has 2 rings (SSSR count). The lowest BCUT2D eigenvalue weighted by Gasteiger charge is -2.32. The number of hydrogen-bond acceptors (Lipinski definition) is 3. The molecule has 18 heavy (non-hydrogen) atoms. The summed E-state index contributed by atoms with van der Waals surface area (Å²) >= 11 is 0. The van der Waals surface area contributed by atoms with E-state index >= 15 is 0 Å². The first kappa shape index (κ1) is 13.1. The maximum absolute atomic E-state index is 11.2. The van der Waals surface area contributed by atoms with Crippen LogP contribution in [-0.2, 0) is 17.9 Å². The van der Waals surface area contributed by atoms with Crippen LogP contribution in [0, 0.1) is 0 Å². The van der Waals surface area contributed by atoms with Gasteiger partial charge in [-0.1, -0.05) is 30.7 Å². The third-order valence-corrected chi connectivity index (χ3v) is 3.49. The van der Waals surface area contributed by atoms with Crippen LogP contribution in [0.5, 0.6) is 0 Å². The largest absolute Gasteiger partial charge is 0.480 e. The molecule has 1 heterocycles. The molecule has 0 spiro atoms. The molecule has 0 aliphatic carbocycles. The molecule has 1 aromatic rings. The van der Waals surface area contributed by atoms with Crippen LogP contribution in [0.15, 0.2) is 24.3 Å².